The van der Waals surface area contributed by atoms with Gasteiger partial charge < -0.3 is 4.90 Å². The number of likely N-dealkylation sites (tertiary alicyclic amines) is 1. The van der Waals surface area contributed by atoms with Gasteiger partial charge in [-0.2, -0.15) is 0 Å². The summed E-state index contributed by atoms with van der Waals surface area (Å²) in [4.78, 5) is 2.70. The zero-order chi connectivity index (χ0) is 12.1. The molecule has 17 heavy (non-hydrogen) atoms. The van der Waals surface area contributed by atoms with E-state index >= 15 is 0 Å². The highest BCUT2D eigenvalue weighted by atomic mass is 15.2. The molecule has 1 nitrogen and oxygen atoms in total. The van der Waals surface area contributed by atoms with E-state index in [1.54, 1.807) is 11.1 Å². The van der Waals surface area contributed by atoms with Crippen molar-refractivity contribution in [3.05, 3.63) is 35.4 Å². The molecule has 0 N–H and O–H groups in total. The van der Waals surface area contributed by atoms with Crippen LogP contribution in [0, 0.1) is 0 Å². The molecule has 0 aromatic heterocycles. The summed E-state index contributed by atoms with van der Waals surface area (Å²) in [7, 11) is 0. The van der Waals surface area contributed by atoms with Crippen molar-refractivity contribution in [3.8, 4) is 0 Å². The Labute approximate surface area is 106 Å². The van der Waals surface area contributed by atoms with Gasteiger partial charge in [0, 0.05) is 6.04 Å². The van der Waals surface area contributed by atoms with Crippen molar-refractivity contribution in [2.75, 3.05) is 13.1 Å². The van der Waals surface area contributed by atoms with Crippen LogP contribution < -0.4 is 0 Å². The first-order valence-corrected chi connectivity index (χ1v) is 7.24. The van der Waals surface area contributed by atoms with Gasteiger partial charge in [0.15, 0.2) is 0 Å². The topological polar surface area (TPSA) is 3.24 Å². The van der Waals surface area contributed by atoms with E-state index < -0.39 is 0 Å². The molecule has 1 fully saturated rings. The molecule has 1 heteroatoms. The van der Waals surface area contributed by atoms with Crippen molar-refractivity contribution in [1.29, 1.82) is 0 Å². The molecular formula is C16H25N. The highest BCUT2D eigenvalue weighted by Crippen LogP contribution is 2.26. The number of hydrogen-bond donors (Lipinski definition) is 0. The maximum absolute atomic E-state index is 2.70. The second-order valence-electron chi connectivity index (χ2n) is 4.91. The maximum Gasteiger partial charge on any atom is 0.0139 e. The van der Waals surface area contributed by atoms with Gasteiger partial charge in [0.05, 0.1) is 0 Å². The maximum atomic E-state index is 2.70. The quantitative estimate of drug-likeness (QED) is 0.713. The summed E-state index contributed by atoms with van der Waals surface area (Å²) < 4.78 is 0. The van der Waals surface area contributed by atoms with Gasteiger partial charge in [-0.3, -0.25) is 0 Å². The number of benzene rings is 1. The van der Waals surface area contributed by atoms with Crippen LogP contribution in [0.5, 0.6) is 0 Å². The third-order valence-corrected chi connectivity index (χ3v) is 3.98. The molecule has 0 bridgehead atoms. The van der Waals surface area contributed by atoms with Gasteiger partial charge in [-0.05, 0) is 56.3 Å². The zero-order valence-electron chi connectivity index (χ0n) is 11.3. The summed E-state index contributed by atoms with van der Waals surface area (Å²) in [5.41, 5.74) is 3.19. The molecule has 0 saturated carbocycles. The van der Waals surface area contributed by atoms with Crippen LogP contribution in [-0.4, -0.2) is 24.0 Å². The summed E-state index contributed by atoms with van der Waals surface area (Å²) in [5, 5.41) is 0. The van der Waals surface area contributed by atoms with E-state index in [1.807, 2.05) is 13.8 Å². The molecule has 1 aromatic rings. The van der Waals surface area contributed by atoms with Gasteiger partial charge in [0.2, 0.25) is 0 Å². The predicted octanol–water partition coefficient (Wildman–Crippen LogP) is 3.67. The molecule has 0 spiro atoms. The lowest BCUT2D eigenvalue weighted by Gasteiger charge is -2.32. The smallest absolute Gasteiger partial charge is 0.0139 e. The average Bonchev–Trinajstić information content (AvgIpc) is 2.94. The molecule has 1 unspecified atom stereocenters. The third kappa shape index (κ3) is 2.90. The minimum absolute atomic E-state index is 0.836. The van der Waals surface area contributed by atoms with Crippen molar-refractivity contribution >= 4 is 0 Å². The average molecular weight is 231 g/mol. The Morgan fingerprint density at radius 1 is 1.00 bits per heavy atom. The Kier molecular flexibility index (Phi) is 4.61. The van der Waals surface area contributed by atoms with Gasteiger partial charge >= 0.3 is 0 Å². The summed E-state index contributed by atoms with van der Waals surface area (Å²) in [6.45, 7) is 6.68. The largest absolute Gasteiger partial charge is 0.300 e. The Hall–Kier alpha value is -0.820. The van der Waals surface area contributed by atoms with Crippen LogP contribution in [-0.2, 0) is 12.8 Å². The van der Waals surface area contributed by atoms with Crippen LogP contribution in [0.25, 0.3) is 0 Å². The van der Waals surface area contributed by atoms with Crippen LogP contribution >= 0.6 is 0 Å². The minimum Gasteiger partial charge on any atom is -0.300 e. The molecule has 1 aliphatic heterocycles. The fourth-order valence-electron chi connectivity index (χ4n) is 3.10. The SMILES string of the molecule is CC.c1ccc2c(c1)CCC(N1CCCC1)C2. The first kappa shape index (κ1) is 12.6. The number of hydrogen-bond acceptors (Lipinski definition) is 1. The van der Waals surface area contributed by atoms with E-state index in [-0.39, 0.29) is 0 Å². The zero-order valence-corrected chi connectivity index (χ0v) is 11.3. The highest BCUT2D eigenvalue weighted by Gasteiger charge is 2.25. The van der Waals surface area contributed by atoms with Crippen LogP contribution in [0.2, 0.25) is 0 Å². The molecule has 1 aliphatic carbocycles. The Bertz CT molecular complexity index is 339. The standard InChI is InChI=1S/C14H19N.C2H6/c1-2-6-13-11-14(8-7-12(13)5-1)15-9-3-4-10-15;1-2/h1-2,5-6,14H,3-4,7-11H2;1-2H3. The molecule has 0 amide bonds. The second kappa shape index (κ2) is 6.20. The lowest BCUT2D eigenvalue weighted by molar-refractivity contribution is 0.222. The molecule has 1 aromatic carbocycles. The van der Waals surface area contributed by atoms with Gasteiger partial charge in [-0.1, -0.05) is 38.1 Å². The predicted molar refractivity (Wildman–Crippen MR) is 74.4 cm³/mol. The van der Waals surface area contributed by atoms with Crippen molar-refractivity contribution in [1.82, 2.24) is 4.90 Å². The molecule has 1 atom stereocenters. The highest BCUT2D eigenvalue weighted by molar-refractivity contribution is 5.30. The fraction of sp³-hybridized carbons (Fsp3) is 0.625. The van der Waals surface area contributed by atoms with Crippen molar-refractivity contribution in [3.63, 3.8) is 0 Å². The molecule has 3 rings (SSSR count). The Morgan fingerprint density at radius 2 is 1.65 bits per heavy atom. The fourth-order valence-corrected chi connectivity index (χ4v) is 3.10. The Morgan fingerprint density at radius 3 is 2.35 bits per heavy atom. The normalized spacial score (nSPS) is 23.8. The first-order chi connectivity index (χ1) is 8.43. The summed E-state index contributed by atoms with van der Waals surface area (Å²) in [5.74, 6) is 0. The number of aryl methyl sites for hydroxylation is 1. The lowest BCUT2D eigenvalue weighted by atomic mass is 9.88. The number of fused-ring (bicyclic) bond motifs is 1. The Balaban J connectivity index is 0.000000514. The van der Waals surface area contributed by atoms with Crippen LogP contribution in [0.1, 0.15) is 44.2 Å². The van der Waals surface area contributed by atoms with Crippen LogP contribution in [0.15, 0.2) is 24.3 Å². The monoisotopic (exact) mass is 231 g/mol. The van der Waals surface area contributed by atoms with Crippen LogP contribution in [0.4, 0.5) is 0 Å². The van der Waals surface area contributed by atoms with E-state index in [4.69, 9.17) is 0 Å². The second-order valence-corrected chi connectivity index (χ2v) is 4.91. The van der Waals surface area contributed by atoms with Crippen molar-refractivity contribution in [2.24, 2.45) is 0 Å². The first-order valence-electron chi connectivity index (χ1n) is 7.24. The van der Waals surface area contributed by atoms with Gasteiger partial charge in [-0.25, -0.2) is 0 Å². The number of nitrogens with zero attached hydrogens (tertiary/aromatic N) is 1. The van der Waals surface area contributed by atoms with Gasteiger partial charge in [0.25, 0.3) is 0 Å². The summed E-state index contributed by atoms with van der Waals surface area (Å²) in [6.07, 6.45) is 6.78. The van der Waals surface area contributed by atoms with E-state index in [9.17, 15) is 0 Å². The molecule has 1 saturated heterocycles. The van der Waals surface area contributed by atoms with Crippen molar-refractivity contribution in [2.45, 2.75) is 52.0 Å². The van der Waals surface area contributed by atoms with E-state index in [0.717, 1.165) is 6.04 Å². The molecular weight excluding hydrogens is 206 g/mol. The molecule has 2 aliphatic rings. The van der Waals surface area contributed by atoms with Gasteiger partial charge in [-0.15, -0.1) is 0 Å². The lowest BCUT2D eigenvalue weighted by Crippen LogP contribution is -2.37. The molecule has 1 heterocycles. The summed E-state index contributed by atoms with van der Waals surface area (Å²) in [6, 6.07) is 9.82. The van der Waals surface area contributed by atoms with Gasteiger partial charge in [0.1, 0.15) is 0 Å². The van der Waals surface area contributed by atoms with E-state index in [2.05, 4.69) is 29.2 Å². The summed E-state index contributed by atoms with van der Waals surface area (Å²) >= 11 is 0. The van der Waals surface area contributed by atoms with Crippen molar-refractivity contribution < 1.29 is 0 Å². The third-order valence-electron chi connectivity index (χ3n) is 3.98. The minimum atomic E-state index is 0.836. The van der Waals surface area contributed by atoms with Crippen LogP contribution in [0.3, 0.4) is 0 Å². The number of rotatable bonds is 1. The molecule has 94 valence electrons. The van der Waals surface area contributed by atoms with E-state index in [1.165, 1.54) is 45.2 Å². The van der Waals surface area contributed by atoms with E-state index in [0.29, 0.717) is 0 Å². The molecule has 0 radical (unpaired) electrons.